The molecule has 1 fully saturated rings. The molecule has 0 bridgehead atoms. The number of halogens is 3. The summed E-state index contributed by atoms with van der Waals surface area (Å²) in [6.45, 7) is 5.56. The fraction of sp³-hybridized carbons (Fsp3) is 0.292. The van der Waals surface area contributed by atoms with E-state index < -0.39 is 11.7 Å². The first-order valence-corrected chi connectivity index (χ1v) is 11.3. The van der Waals surface area contributed by atoms with Crippen LogP contribution in [0.5, 0.6) is 0 Å². The number of fused-ring (bicyclic) bond motifs is 1. The number of anilines is 2. The Labute approximate surface area is 204 Å². The van der Waals surface area contributed by atoms with Gasteiger partial charge in [0.15, 0.2) is 0 Å². The number of alkyl halides is 3. The molecule has 1 aliphatic heterocycles. The minimum atomic E-state index is -4.55. The number of aromatic nitrogens is 5. The van der Waals surface area contributed by atoms with Crippen molar-refractivity contribution in [2.24, 2.45) is 0 Å². The molecule has 1 aliphatic rings. The highest BCUT2D eigenvalue weighted by Gasteiger charge is 2.31. The summed E-state index contributed by atoms with van der Waals surface area (Å²) in [4.78, 5) is 22.2. The van der Waals surface area contributed by atoms with Crippen LogP contribution in [0.15, 0.2) is 43.0 Å². The summed E-state index contributed by atoms with van der Waals surface area (Å²) >= 11 is 0. The number of nitrogens with zero attached hydrogens (tertiary/aromatic N) is 6. The van der Waals surface area contributed by atoms with E-state index in [4.69, 9.17) is 0 Å². The first-order valence-electron chi connectivity index (χ1n) is 11.3. The Kier molecular flexibility index (Phi) is 6.15. The van der Waals surface area contributed by atoms with Crippen LogP contribution in [0.25, 0.3) is 22.3 Å². The number of hydrogen-bond donors (Lipinski definition) is 3. The Morgan fingerprint density at radius 1 is 1.11 bits per heavy atom. The average molecular weight is 493 g/mol. The van der Waals surface area contributed by atoms with Crippen molar-refractivity contribution >= 4 is 22.8 Å². The van der Waals surface area contributed by atoms with Crippen molar-refractivity contribution in [1.82, 2.24) is 30.2 Å². The Morgan fingerprint density at radius 3 is 2.61 bits per heavy atom. The van der Waals surface area contributed by atoms with Gasteiger partial charge in [-0.2, -0.15) is 18.4 Å². The van der Waals surface area contributed by atoms with Crippen LogP contribution in [0.1, 0.15) is 29.7 Å². The van der Waals surface area contributed by atoms with Gasteiger partial charge in [-0.25, -0.2) is 19.9 Å². The molecule has 5 heterocycles. The van der Waals surface area contributed by atoms with Crippen LogP contribution in [0.2, 0.25) is 0 Å². The molecular weight excluding hydrogens is 471 g/mol. The molecule has 0 aliphatic carbocycles. The molecule has 36 heavy (non-hydrogen) atoms. The van der Waals surface area contributed by atoms with Gasteiger partial charge in [-0.05, 0) is 24.6 Å². The summed E-state index contributed by atoms with van der Waals surface area (Å²) < 4.78 is 39.8. The Balaban J connectivity index is 1.42. The Hall–Kier alpha value is -4.24. The molecule has 0 aromatic carbocycles. The van der Waals surface area contributed by atoms with Crippen molar-refractivity contribution in [3.05, 3.63) is 59.7 Å². The monoisotopic (exact) mass is 493 g/mol. The maximum atomic E-state index is 13.3. The number of rotatable bonds is 5. The van der Waals surface area contributed by atoms with E-state index in [1.807, 2.05) is 25.1 Å². The molecule has 1 atom stereocenters. The zero-order valence-electron chi connectivity index (χ0n) is 19.3. The predicted octanol–water partition coefficient (Wildman–Crippen LogP) is 3.89. The molecule has 1 unspecified atom stereocenters. The number of hydrogen-bond acceptors (Lipinski definition) is 8. The van der Waals surface area contributed by atoms with Gasteiger partial charge in [0.1, 0.15) is 17.5 Å². The maximum Gasteiger partial charge on any atom is 0.417 e. The third-order valence-electron chi connectivity index (χ3n) is 6.08. The lowest BCUT2D eigenvalue weighted by Crippen LogP contribution is -2.43. The van der Waals surface area contributed by atoms with Crippen molar-refractivity contribution in [3.8, 4) is 17.3 Å². The van der Waals surface area contributed by atoms with Crippen LogP contribution in [0.3, 0.4) is 0 Å². The smallest absolute Gasteiger partial charge is 0.354 e. The van der Waals surface area contributed by atoms with E-state index in [1.54, 1.807) is 6.20 Å². The van der Waals surface area contributed by atoms with Crippen LogP contribution in [0, 0.1) is 11.3 Å². The Morgan fingerprint density at radius 2 is 1.92 bits per heavy atom. The number of nitriles is 1. The first-order chi connectivity index (χ1) is 17.3. The number of nitrogens with one attached hydrogen (secondary N) is 3. The normalized spacial score (nSPS) is 15.0. The topological polar surface area (TPSA) is 118 Å². The number of piperazine rings is 1. The van der Waals surface area contributed by atoms with Crippen LogP contribution >= 0.6 is 0 Å². The van der Waals surface area contributed by atoms with Gasteiger partial charge in [-0.3, -0.25) is 0 Å². The molecule has 0 radical (unpaired) electrons. The van der Waals surface area contributed by atoms with Crippen LogP contribution in [-0.4, -0.2) is 51.1 Å². The lowest BCUT2D eigenvalue weighted by atomic mass is 10.1. The SMILES string of the molecule is CC(Nc1ncc(C#N)c(-c2c[nH]c3ncc(C(F)(F)F)cc23)n1)c1ccc(N2CCNCC2)nc1. The van der Waals surface area contributed by atoms with Gasteiger partial charge < -0.3 is 20.5 Å². The number of H-pyrrole nitrogens is 1. The molecule has 4 aromatic rings. The van der Waals surface area contributed by atoms with Crippen molar-refractivity contribution < 1.29 is 13.2 Å². The van der Waals surface area contributed by atoms with Crippen LogP contribution in [0.4, 0.5) is 24.9 Å². The van der Waals surface area contributed by atoms with Gasteiger partial charge in [0, 0.05) is 55.7 Å². The second-order valence-corrected chi connectivity index (χ2v) is 8.44. The fourth-order valence-corrected chi connectivity index (χ4v) is 4.10. The summed E-state index contributed by atoms with van der Waals surface area (Å²) in [5, 5.41) is 16.3. The minimum absolute atomic E-state index is 0.133. The quantitative estimate of drug-likeness (QED) is 0.383. The standard InChI is InChI=1S/C24H22F3N9/c1-14(15-2-3-20(30-10-15)36-6-4-29-5-7-36)34-23-33-11-16(9-28)21(35-23)19-13-32-22-18(19)8-17(12-31-22)24(25,26)27/h2-3,8,10-14,29H,4-7H2,1H3,(H,31,32)(H,33,34,35). The molecule has 5 rings (SSSR count). The van der Waals surface area contributed by atoms with E-state index in [2.05, 4.69) is 40.5 Å². The maximum absolute atomic E-state index is 13.3. The summed E-state index contributed by atoms with van der Waals surface area (Å²) in [5.74, 6) is 1.15. The third kappa shape index (κ3) is 4.65. The zero-order valence-corrected chi connectivity index (χ0v) is 19.3. The van der Waals surface area contributed by atoms with E-state index in [-0.39, 0.29) is 34.3 Å². The Bertz CT molecular complexity index is 1420. The number of aromatic amines is 1. The third-order valence-corrected chi connectivity index (χ3v) is 6.08. The van der Waals surface area contributed by atoms with Gasteiger partial charge in [-0.1, -0.05) is 6.07 Å². The molecule has 1 saturated heterocycles. The van der Waals surface area contributed by atoms with E-state index >= 15 is 0 Å². The summed E-state index contributed by atoms with van der Waals surface area (Å²) in [6.07, 6.45) is 0.861. The molecule has 0 spiro atoms. The van der Waals surface area contributed by atoms with Gasteiger partial charge in [0.25, 0.3) is 0 Å². The van der Waals surface area contributed by atoms with Gasteiger partial charge in [0.2, 0.25) is 5.95 Å². The predicted molar refractivity (Wildman–Crippen MR) is 128 cm³/mol. The molecular formula is C24H22F3N9. The minimum Gasteiger partial charge on any atom is -0.354 e. The van der Waals surface area contributed by atoms with Crippen molar-refractivity contribution in [1.29, 1.82) is 5.26 Å². The number of pyridine rings is 2. The molecule has 12 heteroatoms. The molecule has 184 valence electrons. The van der Waals surface area contributed by atoms with Crippen molar-refractivity contribution in [3.63, 3.8) is 0 Å². The van der Waals surface area contributed by atoms with E-state index in [0.717, 1.165) is 49.8 Å². The van der Waals surface area contributed by atoms with Crippen molar-refractivity contribution in [2.75, 3.05) is 36.4 Å². The van der Waals surface area contributed by atoms with Gasteiger partial charge >= 0.3 is 6.18 Å². The summed E-state index contributed by atoms with van der Waals surface area (Å²) in [7, 11) is 0. The lowest BCUT2D eigenvalue weighted by molar-refractivity contribution is -0.137. The van der Waals surface area contributed by atoms with Crippen LogP contribution in [-0.2, 0) is 6.18 Å². The molecule has 4 aromatic heterocycles. The highest BCUT2D eigenvalue weighted by molar-refractivity contribution is 5.94. The highest BCUT2D eigenvalue weighted by atomic mass is 19.4. The second kappa shape index (κ2) is 9.43. The van der Waals surface area contributed by atoms with Crippen LogP contribution < -0.4 is 15.5 Å². The zero-order chi connectivity index (χ0) is 25.3. The highest BCUT2D eigenvalue weighted by Crippen LogP contribution is 2.35. The molecule has 3 N–H and O–H groups in total. The molecule has 0 saturated carbocycles. The van der Waals surface area contributed by atoms with E-state index in [9.17, 15) is 18.4 Å². The van der Waals surface area contributed by atoms with Gasteiger partial charge in [-0.15, -0.1) is 0 Å². The van der Waals surface area contributed by atoms with Gasteiger partial charge in [0.05, 0.1) is 29.1 Å². The lowest BCUT2D eigenvalue weighted by Gasteiger charge is -2.28. The summed E-state index contributed by atoms with van der Waals surface area (Å²) in [5.41, 5.74) is 0.969. The molecule has 0 amide bonds. The first kappa shape index (κ1) is 23.5. The second-order valence-electron chi connectivity index (χ2n) is 8.44. The fourth-order valence-electron chi connectivity index (χ4n) is 4.10. The molecule has 9 nitrogen and oxygen atoms in total. The van der Waals surface area contributed by atoms with E-state index in [0.29, 0.717) is 5.56 Å². The largest absolute Gasteiger partial charge is 0.417 e. The van der Waals surface area contributed by atoms with Crippen molar-refractivity contribution in [2.45, 2.75) is 19.1 Å². The average Bonchev–Trinajstić information content (AvgIpc) is 3.32. The van der Waals surface area contributed by atoms with E-state index in [1.165, 1.54) is 12.4 Å². The summed E-state index contributed by atoms with van der Waals surface area (Å²) in [6, 6.07) is 6.76.